The van der Waals surface area contributed by atoms with Crippen LogP contribution < -0.4 is 5.32 Å². The van der Waals surface area contributed by atoms with Crippen molar-refractivity contribution in [2.45, 2.75) is 32.8 Å². The Morgan fingerprint density at radius 1 is 1.62 bits per heavy atom. The summed E-state index contributed by atoms with van der Waals surface area (Å²) in [5, 5.41) is 12.9. The summed E-state index contributed by atoms with van der Waals surface area (Å²) in [5.41, 5.74) is 1.01. The van der Waals surface area contributed by atoms with Gasteiger partial charge in [-0.15, -0.1) is 0 Å². The van der Waals surface area contributed by atoms with Gasteiger partial charge in [-0.1, -0.05) is 20.4 Å². The van der Waals surface area contributed by atoms with Crippen LogP contribution in [0, 0.1) is 11.8 Å². The number of rotatable bonds is 4. The zero-order chi connectivity index (χ0) is 9.84. The van der Waals surface area contributed by atoms with Crippen molar-refractivity contribution in [3.8, 4) is 0 Å². The molecule has 76 valence electrons. The molecule has 0 heterocycles. The van der Waals surface area contributed by atoms with Gasteiger partial charge in [0.25, 0.3) is 0 Å². The summed E-state index contributed by atoms with van der Waals surface area (Å²) in [6, 6.07) is 0. The molecule has 0 bridgehead atoms. The summed E-state index contributed by atoms with van der Waals surface area (Å²) in [4.78, 5) is 0. The fourth-order valence-electron chi connectivity index (χ4n) is 1.80. The summed E-state index contributed by atoms with van der Waals surface area (Å²) in [7, 11) is 0. The maximum Gasteiger partial charge on any atom is 0.0750 e. The molecule has 0 saturated heterocycles. The zero-order valence-electron chi connectivity index (χ0n) is 8.71. The van der Waals surface area contributed by atoms with Crippen molar-refractivity contribution in [3.05, 3.63) is 12.2 Å². The molecule has 0 amide bonds. The van der Waals surface area contributed by atoms with Gasteiger partial charge in [0.1, 0.15) is 0 Å². The lowest BCUT2D eigenvalue weighted by molar-refractivity contribution is 0.207. The first-order valence-corrected chi connectivity index (χ1v) is 5.16. The third-order valence-corrected chi connectivity index (χ3v) is 2.56. The molecule has 2 atom stereocenters. The molecule has 1 aliphatic carbocycles. The molecule has 2 unspecified atom stereocenters. The SMILES string of the molecule is C=C1CC(CNCC(C)C)CC1O. The van der Waals surface area contributed by atoms with Crippen LogP contribution in [0.3, 0.4) is 0 Å². The number of hydrogen-bond donors (Lipinski definition) is 2. The van der Waals surface area contributed by atoms with Crippen molar-refractivity contribution in [2.24, 2.45) is 11.8 Å². The van der Waals surface area contributed by atoms with E-state index in [-0.39, 0.29) is 6.10 Å². The van der Waals surface area contributed by atoms with Gasteiger partial charge in [0, 0.05) is 0 Å². The van der Waals surface area contributed by atoms with Gasteiger partial charge in [-0.3, -0.25) is 0 Å². The van der Waals surface area contributed by atoms with Crippen LogP contribution in [0.2, 0.25) is 0 Å². The average Bonchev–Trinajstić information content (AvgIpc) is 2.30. The van der Waals surface area contributed by atoms with Crippen LogP contribution in [0.5, 0.6) is 0 Å². The van der Waals surface area contributed by atoms with Gasteiger partial charge < -0.3 is 10.4 Å². The van der Waals surface area contributed by atoms with Crippen LogP contribution in [-0.2, 0) is 0 Å². The largest absolute Gasteiger partial charge is 0.389 e. The van der Waals surface area contributed by atoms with Crippen molar-refractivity contribution < 1.29 is 5.11 Å². The molecule has 0 spiro atoms. The van der Waals surface area contributed by atoms with E-state index in [4.69, 9.17) is 0 Å². The predicted molar refractivity (Wildman–Crippen MR) is 55.6 cm³/mol. The fraction of sp³-hybridized carbons (Fsp3) is 0.818. The molecule has 1 saturated carbocycles. The average molecular weight is 183 g/mol. The smallest absolute Gasteiger partial charge is 0.0750 e. The second kappa shape index (κ2) is 4.77. The van der Waals surface area contributed by atoms with Gasteiger partial charge in [-0.25, -0.2) is 0 Å². The van der Waals surface area contributed by atoms with Gasteiger partial charge in [-0.05, 0) is 43.3 Å². The minimum Gasteiger partial charge on any atom is -0.389 e. The number of hydrogen-bond acceptors (Lipinski definition) is 2. The van der Waals surface area contributed by atoms with Crippen molar-refractivity contribution in [1.82, 2.24) is 5.32 Å². The Balaban J connectivity index is 2.14. The van der Waals surface area contributed by atoms with E-state index in [1.807, 2.05) is 0 Å². The third-order valence-electron chi connectivity index (χ3n) is 2.56. The number of aliphatic hydroxyl groups is 1. The van der Waals surface area contributed by atoms with Crippen LogP contribution in [0.15, 0.2) is 12.2 Å². The molecule has 2 nitrogen and oxygen atoms in total. The van der Waals surface area contributed by atoms with E-state index < -0.39 is 0 Å². The van der Waals surface area contributed by atoms with Crippen molar-refractivity contribution >= 4 is 0 Å². The molecular weight excluding hydrogens is 162 g/mol. The Morgan fingerprint density at radius 3 is 2.77 bits per heavy atom. The Hall–Kier alpha value is -0.340. The molecule has 0 aromatic rings. The highest BCUT2D eigenvalue weighted by Crippen LogP contribution is 2.28. The highest BCUT2D eigenvalue weighted by Gasteiger charge is 2.25. The lowest BCUT2D eigenvalue weighted by Crippen LogP contribution is -2.25. The predicted octanol–water partition coefficient (Wildman–Crippen LogP) is 1.56. The molecule has 0 aromatic carbocycles. The summed E-state index contributed by atoms with van der Waals surface area (Å²) in [5.74, 6) is 1.30. The molecule has 0 radical (unpaired) electrons. The highest BCUT2D eigenvalue weighted by molar-refractivity contribution is 5.09. The minimum atomic E-state index is -0.245. The van der Waals surface area contributed by atoms with Crippen molar-refractivity contribution in [3.63, 3.8) is 0 Å². The first-order chi connectivity index (χ1) is 6.09. The van der Waals surface area contributed by atoms with E-state index in [9.17, 15) is 5.11 Å². The molecule has 13 heavy (non-hydrogen) atoms. The van der Waals surface area contributed by atoms with Gasteiger partial charge in [0.05, 0.1) is 6.10 Å². The molecular formula is C11H21NO. The summed E-state index contributed by atoms with van der Waals surface area (Å²) < 4.78 is 0. The van der Waals surface area contributed by atoms with Crippen LogP contribution >= 0.6 is 0 Å². The van der Waals surface area contributed by atoms with E-state index in [0.717, 1.165) is 31.5 Å². The Morgan fingerprint density at radius 2 is 2.31 bits per heavy atom. The van der Waals surface area contributed by atoms with Gasteiger partial charge in [-0.2, -0.15) is 0 Å². The number of aliphatic hydroxyl groups excluding tert-OH is 1. The lowest BCUT2D eigenvalue weighted by Gasteiger charge is -2.11. The lowest BCUT2D eigenvalue weighted by atomic mass is 10.1. The van der Waals surface area contributed by atoms with Gasteiger partial charge in [0.15, 0.2) is 0 Å². The minimum absolute atomic E-state index is 0.245. The third kappa shape index (κ3) is 3.49. The molecule has 2 heteroatoms. The Labute approximate surface area is 81.0 Å². The first-order valence-electron chi connectivity index (χ1n) is 5.16. The topological polar surface area (TPSA) is 32.3 Å². The zero-order valence-corrected chi connectivity index (χ0v) is 8.71. The van der Waals surface area contributed by atoms with E-state index in [1.54, 1.807) is 0 Å². The van der Waals surface area contributed by atoms with E-state index >= 15 is 0 Å². The monoisotopic (exact) mass is 183 g/mol. The molecule has 0 aromatic heterocycles. The second-order valence-electron chi connectivity index (χ2n) is 4.53. The maximum atomic E-state index is 9.45. The molecule has 0 aliphatic heterocycles. The molecule has 2 N–H and O–H groups in total. The van der Waals surface area contributed by atoms with Gasteiger partial charge >= 0.3 is 0 Å². The second-order valence-corrected chi connectivity index (χ2v) is 4.53. The van der Waals surface area contributed by atoms with Crippen LogP contribution in [0.1, 0.15) is 26.7 Å². The standard InChI is InChI=1S/C11H21NO/c1-8(2)6-12-7-10-4-9(3)11(13)5-10/h8,10-13H,3-7H2,1-2H3. The molecule has 1 fully saturated rings. The molecule has 1 rings (SSSR count). The van der Waals surface area contributed by atoms with Crippen molar-refractivity contribution in [1.29, 1.82) is 0 Å². The van der Waals surface area contributed by atoms with E-state index in [0.29, 0.717) is 11.8 Å². The Bertz CT molecular complexity index is 177. The summed E-state index contributed by atoms with van der Waals surface area (Å²) in [6.45, 7) is 10.3. The van der Waals surface area contributed by atoms with E-state index in [1.165, 1.54) is 0 Å². The maximum absolute atomic E-state index is 9.45. The fourth-order valence-corrected chi connectivity index (χ4v) is 1.80. The summed E-state index contributed by atoms with van der Waals surface area (Å²) >= 11 is 0. The highest BCUT2D eigenvalue weighted by atomic mass is 16.3. The Kier molecular flexibility index (Phi) is 3.94. The first kappa shape index (κ1) is 10.7. The van der Waals surface area contributed by atoms with Crippen molar-refractivity contribution in [2.75, 3.05) is 13.1 Å². The van der Waals surface area contributed by atoms with Gasteiger partial charge in [0.2, 0.25) is 0 Å². The quantitative estimate of drug-likeness (QED) is 0.648. The van der Waals surface area contributed by atoms with Crippen LogP contribution in [0.4, 0.5) is 0 Å². The normalized spacial score (nSPS) is 28.8. The number of nitrogens with one attached hydrogen (secondary N) is 1. The van der Waals surface area contributed by atoms with E-state index in [2.05, 4.69) is 25.7 Å². The molecule has 1 aliphatic rings. The van der Waals surface area contributed by atoms with Crippen LogP contribution in [-0.4, -0.2) is 24.3 Å². The summed E-state index contributed by atoms with van der Waals surface area (Å²) in [6.07, 6.45) is 1.64. The van der Waals surface area contributed by atoms with Crippen LogP contribution in [0.25, 0.3) is 0 Å².